The van der Waals surface area contributed by atoms with E-state index in [1.807, 2.05) is 78.9 Å². The van der Waals surface area contributed by atoms with Gasteiger partial charge in [0.05, 0.1) is 5.92 Å². The fraction of sp³-hybridized carbons (Fsp3) is 0.240. The molecule has 3 rings (SSSR count). The first-order valence-electron chi connectivity index (χ1n) is 9.73. The predicted octanol–water partition coefficient (Wildman–Crippen LogP) is 7.12. The molecule has 3 aromatic rings. The summed E-state index contributed by atoms with van der Waals surface area (Å²) in [6.07, 6.45) is 0. The highest BCUT2D eigenvalue weighted by molar-refractivity contribution is 6.30. The second-order valence-corrected chi connectivity index (χ2v) is 7.62. The molecule has 0 aromatic heterocycles. The van der Waals surface area contributed by atoms with E-state index in [9.17, 15) is 0 Å². The quantitative estimate of drug-likeness (QED) is 0.308. The van der Waals surface area contributed by atoms with Gasteiger partial charge in [0.1, 0.15) is 18.1 Å². The highest BCUT2D eigenvalue weighted by atomic mass is 35.5. The first kappa shape index (κ1) is 20.9. The Morgan fingerprint density at radius 3 is 2.24 bits per heavy atom. The average Bonchev–Trinajstić information content (AvgIpc) is 2.73. The summed E-state index contributed by atoms with van der Waals surface area (Å²) in [6, 6.07) is 25.6. The van der Waals surface area contributed by atoms with Crippen LogP contribution in [-0.2, 0) is 11.3 Å². The molecule has 0 saturated carbocycles. The molecule has 0 fully saturated rings. The monoisotopic (exact) mass is 407 g/mol. The lowest BCUT2D eigenvalue weighted by Crippen LogP contribution is -2.21. The van der Waals surface area contributed by atoms with Crippen molar-refractivity contribution >= 4 is 17.5 Å². The first-order valence-corrected chi connectivity index (χ1v) is 10.1. The Hall–Kier alpha value is -2.78. The van der Waals surface area contributed by atoms with Crippen LogP contribution in [0.4, 0.5) is 0 Å². The standard InChI is InChI=1S/C25H26ClNO2/c1-18(2)24(20-12-14-21(26)15-13-20)25(27-3)28-17-19-8-7-11-23(16-19)29-22-9-5-4-6-10-22/h4-16,18,24H,17H2,1-3H3/b27-25-. The van der Waals surface area contributed by atoms with Crippen LogP contribution in [0.15, 0.2) is 83.9 Å². The van der Waals surface area contributed by atoms with E-state index in [1.54, 1.807) is 7.05 Å². The lowest BCUT2D eigenvalue weighted by atomic mass is 9.88. The number of nitrogens with zero attached hydrogens (tertiary/aromatic N) is 1. The summed E-state index contributed by atoms with van der Waals surface area (Å²) in [6.45, 7) is 4.76. The Balaban J connectivity index is 1.71. The molecule has 29 heavy (non-hydrogen) atoms. The molecule has 0 spiro atoms. The summed E-state index contributed by atoms with van der Waals surface area (Å²) < 4.78 is 12.1. The van der Waals surface area contributed by atoms with Crippen molar-refractivity contribution in [2.75, 3.05) is 7.05 Å². The Morgan fingerprint density at radius 1 is 0.897 bits per heavy atom. The third-order valence-electron chi connectivity index (χ3n) is 4.65. The zero-order valence-electron chi connectivity index (χ0n) is 17.0. The van der Waals surface area contributed by atoms with Crippen molar-refractivity contribution in [3.8, 4) is 11.5 Å². The number of para-hydroxylation sites is 1. The molecule has 0 radical (unpaired) electrons. The van der Waals surface area contributed by atoms with Crippen molar-refractivity contribution in [1.29, 1.82) is 0 Å². The minimum absolute atomic E-state index is 0.0704. The van der Waals surface area contributed by atoms with Crippen molar-refractivity contribution in [2.24, 2.45) is 10.9 Å². The smallest absolute Gasteiger partial charge is 0.191 e. The molecular weight excluding hydrogens is 382 g/mol. The number of rotatable bonds is 7. The maximum atomic E-state index is 6.15. The molecule has 0 heterocycles. The normalized spacial score (nSPS) is 12.7. The number of aliphatic imine (C=N–C) groups is 1. The van der Waals surface area contributed by atoms with Gasteiger partial charge in [-0.15, -0.1) is 0 Å². The van der Waals surface area contributed by atoms with E-state index < -0.39 is 0 Å². The number of hydrogen-bond donors (Lipinski definition) is 0. The largest absolute Gasteiger partial charge is 0.476 e. The molecule has 3 aromatic carbocycles. The molecule has 0 aliphatic heterocycles. The van der Waals surface area contributed by atoms with E-state index in [2.05, 4.69) is 18.8 Å². The second kappa shape index (κ2) is 10.1. The van der Waals surface area contributed by atoms with Crippen LogP contribution in [0.2, 0.25) is 5.02 Å². The van der Waals surface area contributed by atoms with Crippen molar-refractivity contribution in [1.82, 2.24) is 0 Å². The van der Waals surface area contributed by atoms with Gasteiger partial charge in [-0.1, -0.05) is 67.9 Å². The molecule has 0 bridgehead atoms. The molecule has 150 valence electrons. The third-order valence-corrected chi connectivity index (χ3v) is 4.90. The fourth-order valence-corrected chi connectivity index (χ4v) is 3.38. The fourth-order valence-electron chi connectivity index (χ4n) is 3.26. The van der Waals surface area contributed by atoms with Crippen LogP contribution in [-0.4, -0.2) is 12.9 Å². The number of hydrogen-bond acceptors (Lipinski definition) is 3. The van der Waals surface area contributed by atoms with Crippen LogP contribution in [0, 0.1) is 5.92 Å². The lowest BCUT2D eigenvalue weighted by Gasteiger charge is -2.23. The highest BCUT2D eigenvalue weighted by Gasteiger charge is 2.23. The van der Waals surface area contributed by atoms with Crippen molar-refractivity contribution in [2.45, 2.75) is 26.4 Å². The molecule has 0 N–H and O–H groups in total. The summed E-state index contributed by atoms with van der Waals surface area (Å²) in [7, 11) is 1.77. The minimum Gasteiger partial charge on any atom is -0.476 e. The first-order chi connectivity index (χ1) is 14.1. The SMILES string of the molecule is C/N=C(\OCc1cccc(Oc2ccccc2)c1)C(c1ccc(Cl)cc1)C(C)C. The van der Waals surface area contributed by atoms with Gasteiger partial charge in [-0.25, -0.2) is 0 Å². The van der Waals surface area contributed by atoms with Gasteiger partial charge in [0.25, 0.3) is 0 Å². The summed E-state index contributed by atoms with van der Waals surface area (Å²) in [5, 5.41) is 0.724. The van der Waals surface area contributed by atoms with Crippen molar-refractivity contribution < 1.29 is 9.47 Å². The van der Waals surface area contributed by atoms with E-state index in [1.165, 1.54) is 0 Å². The van der Waals surface area contributed by atoms with Crippen molar-refractivity contribution in [3.63, 3.8) is 0 Å². The molecule has 3 nitrogen and oxygen atoms in total. The zero-order valence-corrected chi connectivity index (χ0v) is 17.8. The van der Waals surface area contributed by atoms with Gasteiger partial charge >= 0.3 is 0 Å². The van der Waals surface area contributed by atoms with Gasteiger partial charge in [-0.2, -0.15) is 0 Å². The van der Waals surface area contributed by atoms with Crippen LogP contribution < -0.4 is 4.74 Å². The van der Waals surface area contributed by atoms with E-state index >= 15 is 0 Å². The summed E-state index contributed by atoms with van der Waals surface area (Å²) in [5.41, 5.74) is 2.17. The second-order valence-electron chi connectivity index (χ2n) is 7.19. The molecule has 4 heteroatoms. The molecule has 0 saturated heterocycles. The summed E-state index contributed by atoms with van der Waals surface area (Å²) in [4.78, 5) is 4.44. The zero-order chi connectivity index (χ0) is 20.6. The van der Waals surface area contributed by atoms with Gasteiger partial charge < -0.3 is 9.47 Å². The average molecular weight is 408 g/mol. The molecule has 0 aliphatic carbocycles. The molecule has 1 atom stereocenters. The van der Waals surface area contributed by atoms with Gasteiger partial charge in [0.2, 0.25) is 0 Å². The van der Waals surface area contributed by atoms with E-state index in [-0.39, 0.29) is 5.92 Å². The lowest BCUT2D eigenvalue weighted by molar-refractivity contribution is 0.269. The molecular formula is C25H26ClNO2. The number of ether oxygens (including phenoxy) is 2. The Kier molecular flexibility index (Phi) is 7.31. The minimum atomic E-state index is 0.0704. The van der Waals surface area contributed by atoms with Gasteiger partial charge in [0.15, 0.2) is 5.90 Å². The summed E-state index contributed by atoms with van der Waals surface area (Å²) >= 11 is 6.05. The molecule has 1 unspecified atom stereocenters. The van der Waals surface area contributed by atoms with Crippen LogP contribution in [0.1, 0.15) is 30.9 Å². The third kappa shape index (κ3) is 5.85. The maximum Gasteiger partial charge on any atom is 0.191 e. The van der Waals surface area contributed by atoms with Crippen LogP contribution in [0.5, 0.6) is 11.5 Å². The van der Waals surface area contributed by atoms with Crippen LogP contribution in [0.25, 0.3) is 0 Å². The predicted molar refractivity (Wildman–Crippen MR) is 120 cm³/mol. The van der Waals surface area contributed by atoms with E-state index in [0.29, 0.717) is 12.5 Å². The molecule has 0 aliphatic rings. The maximum absolute atomic E-state index is 6.15. The Bertz CT molecular complexity index is 937. The highest BCUT2D eigenvalue weighted by Crippen LogP contribution is 2.29. The Labute approximate surface area is 178 Å². The van der Waals surface area contributed by atoms with E-state index in [0.717, 1.165) is 33.5 Å². The number of halogens is 1. The van der Waals surface area contributed by atoms with Gasteiger partial charge in [0, 0.05) is 12.1 Å². The molecule has 0 amide bonds. The number of benzene rings is 3. The van der Waals surface area contributed by atoms with E-state index in [4.69, 9.17) is 21.1 Å². The van der Waals surface area contributed by atoms with Crippen LogP contribution in [0.3, 0.4) is 0 Å². The van der Waals surface area contributed by atoms with Crippen molar-refractivity contribution in [3.05, 3.63) is 95.0 Å². The van der Waals surface area contributed by atoms with Gasteiger partial charge in [-0.05, 0) is 53.4 Å². The topological polar surface area (TPSA) is 30.8 Å². The van der Waals surface area contributed by atoms with Crippen LogP contribution >= 0.6 is 11.6 Å². The van der Waals surface area contributed by atoms with Gasteiger partial charge in [-0.3, -0.25) is 4.99 Å². The Morgan fingerprint density at radius 2 is 1.59 bits per heavy atom. The summed E-state index contributed by atoms with van der Waals surface area (Å²) in [5.74, 6) is 2.72.